The van der Waals surface area contributed by atoms with Crippen molar-refractivity contribution in [3.8, 4) is 11.5 Å². The fraction of sp³-hybridized carbons (Fsp3) is 0.200. The van der Waals surface area contributed by atoms with E-state index in [0.29, 0.717) is 35.6 Å². The topological polar surface area (TPSA) is 90.7 Å². The summed E-state index contributed by atoms with van der Waals surface area (Å²) in [6, 6.07) is 26.6. The number of rotatable bonds is 9. The van der Waals surface area contributed by atoms with Gasteiger partial charge < -0.3 is 20.5 Å². The highest BCUT2D eigenvalue weighted by atomic mass is 16.5. The lowest BCUT2D eigenvalue weighted by atomic mass is 9.98. The molecule has 6 nitrogen and oxygen atoms in total. The number of aryl methyl sites for hydroxylation is 1. The number of esters is 1. The van der Waals surface area contributed by atoms with E-state index in [-0.39, 0.29) is 24.3 Å². The largest absolute Gasteiger partial charge is 0.469 e. The highest BCUT2D eigenvalue weighted by Crippen LogP contribution is 2.30. The molecule has 0 radical (unpaired) electrons. The minimum absolute atomic E-state index is 0.213. The van der Waals surface area contributed by atoms with Gasteiger partial charge in [0, 0.05) is 12.0 Å². The van der Waals surface area contributed by atoms with Crippen molar-refractivity contribution in [3.63, 3.8) is 0 Å². The van der Waals surface area contributed by atoms with Gasteiger partial charge in [-0.05, 0) is 65.9 Å². The molecule has 184 valence electrons. The average molecular weight is 483 g/mol. The van der Waals surface area contributed by atoms with Crippen LogP contribution < -0.4 is 15.8 Å². The zero-order valence-electron chi connectivity index (χ0n) is 20.5. The van der Waals surface area contributed by atoms with Gasteiger partial charge in [-0.1, -0.05) is 60.7 Å². The maximum absolute atomic E-state index is 13.5. The van der Waals surface area contributed by atoms with Crippen molar-refractivity contribution < 1.29 is 19.1 Å². The minimum Gasteiger partial charge on any atom is -0.469 e. The SMILES string of the molecule is COC(=O)CCCc1ccc(Oc2ccccc2N)cc1C(=O)N[C@H](C)c1cccc2ccccc12. The van der Waals surface area contributed by atoms with Gasteiger partial charge in [-0.25, -0.2) is 0 Å². The number of anilines is 1. The number of amides is 1. The first-order chi connectivity index (χ1) is 17.5. The highest BCUT2D eigenvalue weighted by molar-refractivity contribution is 5.97. The van der Waals surface area contributed by atoms with Gasteiger partial charge in [-0.15, -0.1) is 0 Å². The molecule has 36 heavy (non-hydrogen) atoms. The Hall–Kier alpha value is -4.32. The van der Waals surface area contributed by atoms with E-state index in [1.807, 2.05) is 55.5 Å². The van der Waals surface area contributed by atoms with Crippen molar-refractivity contribution in [2.45, 2.75) is 32.2 Å². The van der Waals surface area contributed by atoms with Crippen LogP contribution in [0.2, 0.25) is 0 Å². The predicted molar refractivity (Wildman–Crippen MR) is 142 cm³/mol. The van der Waals surface area contributed by atoms with Crippen molar-refractivity contribution in [3.05, 3.63) is 102 Å². The summed E-state index contributed by atoms with van der Waals surface area (Å²) in [5, 5.41) is 5.37. The smallest absolute Gasteiger partial charge is 0.305 e. The van der Waals surface area contributed by atoms with Gasteiger partial charge in [0.2, 0.25) is 0 Å². The molecule has 4 rings (SSSR count). The molecule has 1 amide bonds. The summed E-state index contributed by atoms with van der Waals surface area (Å²) in [4.78, 5) is 25.1. The number of methoxy groups -OCH3 is 1. The van der Waals surface area contributed by atoms with Crippen LogP contribution in [0.1, 0.15) is 47.3 Å². The van der Waals surface area contributed by atoms with Crippen molar-refractivity contribution in [1.29, 1.82) is 0 Å². The van der Waals surface area contributed by atoms with Gasteiger partial charge in [-0.2, -0.15) is 0 Å². The number of hydrogen-bond donors (Lipinski definition) is 2. The van der Waals surface area contributed by atoms with E-state index in [1.165, 1.54) is 7.11 Å². The van der Waals surface area contributed by atoms with Crippen LogP contribution in [0.3, 0.4) is 0 Å². The lowest BCUT2D eigenvalue weighted by Gasteiger charge is -2.19. The van der Waals surface area contributed by atoms with E-state index in [1.54, 1.807) is 18.2 Å². The molecule has 0 bridgehead atoms. The third-order valence-electron chi connectivity index (χ3n) is 6.16. The van der Waals surface area contributed by atoms with Gasteiger partial charge in [0.05, 0.1) is 18.8 Å². The van der Waals surface area contributed by atoms with E-state index in [9.17, 15) is 9.59 Å². The summed E-state index contributed by atoms with van der Waals surface area (Å²) in [6.07, 6.45) is 1.40. The van der Waals surface area contributed by atoms with Crippen LogP contribution in [0.4, 0.5) is 5.69 Å². The van der Waals surface area contributed by atoms with Crippen molar-refractivity contribution in [2.75, 3.05) is 12.8 Å². The molecule has 1 atom stereocenters. The van der Waals surface area contributed by atoms with Gasteiger partial charge >= 0.3 is 5.97 Å². The monoisotopic (exact) mass is 482 g/mol. The Labute approximate surface area is 211 Å². The van der Waals surface area contributed by atoms with Gasteiger partial charge in [-0.3, -0.25) is 9.59 Å². The molecule has 6 heteroatoms. The Kier molecular flexibility index (Phi) is 7.85. The molecule has 0 spiro atoms. The standard InChI is InChI=1S/C30H30N2O4/c1-20(24-13-7-10-21-9-3-4-12-25(21)24)32-30(34)26-19-23(36-28-15-6-5-14-27(28)31)18-17-22(26)11-8-16-29(33)35-2/h3-7,9-10,12-15,17-20H,8,11,16,31H2,1-2H3,(H,32,34)/t20-/m1/s1. The second-order valence-electron chi connectivity index (χ2n) is 8.65. The fourth-order valence-electron chi connectivity index (χ4n) is 4.25. The summed E-state index contributed by atoms with van der Waals surface area (Å²) in [5.41, 5.74) is 8.91. The maximum Gasteiger partial charge on any atom is 0.305 e. The van der Waals surface area contributed by atoms with Crippen molar-refractivity contribution in [2.24, 2.45) is 0 Å². The molecule has 0 saturated carbocycles. The zero-order chi connectivity index (χ0) is 25.5. The number of para-hydroxylation sites is 2. The molecule has 0 aliphatic carbocycles. The number of ether oxygens (including phenoxy) is 2. The third-order valence-corrected chi connectivity index (χ3v) is 6.16. The van der Waals surface area contributed by atoms with E-state index >= 15 is 0 Å². The number of fused-ring (bicyclic) bond motifs is 1. The summed E-state index contributed by atoms with van der Waals surface area (Å²) in [6.45, 7) is 1.97. The van der Waals surface area contributed by atoms with Crippen molar-refractivity contribution in [1.82, 2.24) is 5.32 Å². The van der Waals surface area contributed by atoms with Crippen LogP contribution in [0.25, 0.3) is 10.8 Å². The first kappa shape index (κ1) is 24.8. The quantitative estimate of drug-likeness (QED) is 0.219. The maximum atomic E-state index is 13.5. The molecule has 4 aromatic carbocycles. The lowest BCUT2D eigenvalue weighted by Crippen LogP contribution is -2.27. The number of carbonyl (C=O) groups excluding carboxylic acids is 2. The van der Waals surface area contributed by atoms with E-state index in [4.69, 9.17) is 15.2 Å². The molecular weight excluding hydrogens is 452 g/mol. The van der Waals surface area contributed by atoms with Gasteiger partial charge in [0.1, 0.15) is 11.5 Å². The van der Waals surface area contributed by atoms with Crippen LogP contribution in [-0.4, -0.2) is 19.0 Å². The van der Waals surface area contributed by atoms with Crippen LogP contribution in [0.5, 0.6) is 11.5 Å². The molecule has 0 aliphatic heterocycles. The average Bonchev–Trinajstić information content (AvgIpc) is 2.90. The first-order valence-electron chi connectivity index (χ1n) is 12.0. The van der Waals surface area contributed by atoms with E-state index < -0.39 is 0 Å². The number of hydrogen-bond acceptors (Lipinski definition) is 5. The minimum atomic E-state index is -0.273. The fourth-order valence-corrected chi connectivity index (χ4v) is 4.25. The normalized spacial score (nSPS) is 11.6. The summed E-state index contributed by atoms with van der Waals surface area (Å²) < 4.78 is 10.7. The Morgan fingerprint density at radius 2 is 1.69 bits per heavy atom. The number of nitrogen functional groups attached to an aromatic ring is 1. The molecule has 0 heterocycles. The molecule has 0 fully saturated rings. The number of nitrogens with two attached hydrogens (primary N) is 1. The third kappa shape index (κ3) is 5.84. The van der Waals surface area contributed by atoms with Crippen LogP contribution in [0, 0.1) is 0 Å². The summed E-state index contributed by atoms with van der Waals surface area (Å²) >= 11 is 0. The van der Waals surface area contributed by atoms with Crippen LogP contribution >= 0.6 is 0 Å². The molecule has 4 aromatic rings. The zero-order valence-corrected chi connectivity index (χ0v) is 20.5. The Bertz CT molecular complexity index is 1380. The Morgan fingerprint density at radius 1 is 0.944 bits per heavy atom. The molecule has 3 N–H and O–H groups in total. The number of benzene rings is 4. The predicted octanol–water partition coefficient (Wildman–Crippen LogP) is 6.20. The summed E-state index contributed by atoms with van der Waals surface area (Å²) in [5.74, 6) is 0.541. The Balaban J connectivity index is 1.60. The highest BCUT2D eigenvalue weighted by Gasteiger charge is 2.18. The first-order valence-corrected chi connectivity index (χ1v) is 12.0. The van der Waals surface area contributed by atoms with Gasteiger partial charge in [0.15, 0.2) is 0 Å². The van der Waals surface area contributed by atoms with Gasteiger partial charge in [0.25, 0.3) is 5.91 Å². The molecular formula is C30H30N2O4. The second kappa shape index (κ2) is 11.4. The van der Waals surface area contributed by atoms with E-state index in [2.05, 4.69) is 23.5 Å². The second-order valence-corrected chi connectivity index (χ2v) is 8.65. The van der Waals surface area contributed by atoms with Crippen LogP contribution in [0.15, 0.2) is 84.9 Å². The summed E-state index contributed by atoms with van der Waals surface area (Å²) in [7, 11) is 1.37. The molecule has 0 unspecified atom stereocenters. The van der Waals surface area contributed by atoms with Crippen molar-refractivity contribution >= 4 is 28.3 Å². The van der Waals surface area contributed by atoms with E-state index in [0.717, 1.165) is 21.9 Å². The number of carbonyl (C=O) groups is 2. The molecule has 0 aromatic heterocycles. The molecule has 0 aliphatic rings. The Morgan fingerprint density at radius 3 is 2.50 bits per heavy atom. The molecule has 0 saturated heterocycles. The lowest BCUT2D eigenvalue weighted by molar-refractivity contribution is -0.140. The van der Waals surface area contributed by atoms with Crippen LogP contribution in [-0.2, 0) is 16.0 Å². The number of nitrogens with one attached hydrogen (secondary N) is 1.